The van der Waals surface area contributed by atoms with Gasteiger partial charge in [-0.3, -0.25) is 9.59 Å². The molecular formula is C17H23F3N2O2. The fraction of sp³-hybridized carbons (Fsp3) is 0.647. The minimum atomic E-state index is -4.90. The summed E-state index contributed by atoms with van der Waals surface area (Å²) >= 11 is 0. The first kappa shape index (κ1) is 18.7. The molecule has 1 amide bonds. The number of carbonyl (C=O) groups is 2. The van der Waals surface area contributed by atoms with Crippen molar-refractivity contribution in [3.8, 4) is 0 Å². The Hall–Kier alpha value is -1.63. The maximum Gasteiger partial charge on any atom is 0.406 e. The summed E-state index contributed by atoms with van der Waals surface area (Å²) in [5.74, 6) is -5.07. The molecule has 2 rings (SSSR count). The fourth-order valence-corrected chi connectivity index (χ4v) is 3.76. The van der Waals surface area contributed by atoms with Crippen molar-refractivity contribution in [3.05, 3.63) is 23.8 Å². The minimum Gasteiger partial charge on any atom is -0.369 e. The zero-order chi connectivity index (χ0) is 18.1. The molecule has 1 aliphatic carbocycles. The molecular weight excluding hydrogens is 321 g/mol. The van der Waals surface area contributed by atoms with E-state index in [1.807, 2.05) is 0 Å². The zero-order valence-corrected chi connectivity index (χ0v) is 13.8. The molecule has 0 spiro atoms. The lowest BCUT2D eigenvalue weighted by Crippen LogP contribution is -2.58. The number of amides is 1. The average molecular weight is 344 g/mol. The Bertz CT molecular complexity index is 577. The van der Waals surface area contributed by atoms with Crippen molar-refractivity contribution in [2.75, 3.05) is 13.1 Å². The van der Waals surface area contributed by atoms with Crippen molar-refractivity contribution in [3.63, 3.8) is 0 Å². The fourth-order valence-electron chi connectivity index (χ4n) is 3.76. The van der Waals surface area contributed by atoms with Crippen molar-refractivity contribution in [1.29, 1.82) is 0 Å². The van der Waals surface area contributed by atoms with Gasteiger partial charge in [0.1, 0.15) is 0 Å². The number of nitrogens with two attached hydrogens (primary N) is 1. The van der Waals surface area contributed by atoms with Crippen LogP contribution in [0.3, 0.4) is 0 Å². The maximum absolute atomic E-state index is 14.3. The monoisotopic (exact) mass is 344 g/mol. The molecule has 134 valence electrons. The number of nitrogens with one attached hydrogen (secondary N) is 1. The van der Waals surface area contributed by atoms with Gasteiger partial charge in [0.25, 0.3) is 0 Å². The van der Waals surface area contributed by atoms with E-state index in [4.69, 9.17) is 5.73 Å². The van der Waals surface area contributed by atoms with Crippen molar-refractivity contribution >= 4 is 11.7 Å². The summed E-state index contributed by atoms with van der Waals surface area (Å²) in [6.45, 7) is 4.07. The molecule has 4 unspecified atom stereocenters. The predicted molar refractivity (Wildman–Crippen MR) is 83.8 cm³/mol. The normalized spacial score (nSPS) is 31.6. The van der Waals surface area contributed by atoms with Crippen LogP contribution in [0.4, 0.5) is 13.2 Å². The number of alkyl halides is 3. The average Bonchev–Trinajstić information content (AvgIpc) is 3.05. The maximum atomic E-state index is 14.3. The first-order valence-electron chi connectivity index (χ1n) is 8.17. The van der Waals surface area contributed by atoms with Crippen molar-refractivity contribution < 1.29 is 22.8 Å². The van der Waals surface area contributed by atoms with Gasteiger partial charge in [-0.2, -0.15) is 13.2 Å². The van der Waals surface area contributed by atoms with Gasteiger partial charge in [-0.15, -0.1) is 0 Å². The zero-order valence-electron chi connectivity index (χ0n) is 13.8. The molecule has 4 atom stereocenters. The molecule has 0 bridgehead atoms. The lowest BCUT2D eigenvalue weighted by atomic mass is 9.58. The van der Waals surface area contributed by atoms with Crippen molar-refractivity contribution in [2.24, 2.45) is 28.9 Å². The van der Waals surface area contributed by atoms with E-state index >= 15 is 0 Å². The highest BCUT2D eigenvalue weighted by Crippen LogP contribution is 2.56. The Morgan fingerprint density at radius 3 is 2.58 bits per heavy atom. The van der Waals surface area contributed by atoms with Crippen molar-refractivity contribution in [1.82, 2.24) is 5.32 Å². The van der Waals surface area contributed by atoms with Gasteiger partial charge in [-0.1, -0.05) is 32.1 Å². The van der Waals surface area contributed by atoms with Crippen LogP contribution in [0.5, 0.6) is 0 Å². The number of hydrogen-bond acceptors (Lipinski definition) is 3. The third kappa shape index (κ3) is 2.79. The highest BCUT2D eigenvalue weighted by molar-refractivity contribution is 5.97. The van der Waals surface area contributed by atoms with Crippen LogP contribution in [0.15, 0.2) is 23.8 Å². The second kappa shape index (κ2) is 6.70. The number of halogens is 3. The first-order chi connectivity index (χ1) is 11.2. The van der Waals surface area contributed by atoms with E-state index in [2.05, 4.69) is 5.32 Å². The molecule has 0 aromatic carbocycles. The number of hydrogen-bond donors (Lipinski definition) is 2. The van der Waals surface area contributed by atoms with Crippen LogP contribution < -0.4 is 11.1 Å². The molecule has 1 heterocycles. The first-order valence-corrected chi connectivity index (χ1v) is 8.17. The minimum absolute atomic E-state index is 0.0309. The second-order valence-electron chi connectivity index (χ2n) is 6.56. The van der Waals surface area contributed by atoms with Gasteiger partial charge in [-0.05, 0) is 30.9 Å². The summed E-state index contributed by atoms with van der Waals surface area (Å²) in [6.07, 6.45) is -0.255. The number of Topliss-reactive ketones (excluding diaryl/α,β-unsaturated/α-hetero) is 1. The Morgan fingerprint density at radius 1 is 1.46 bits per heavy atom. The van der Waals surface area contributed by atoms with E-state index in [0.717, 1.165) is 6.08 Å². The molecule has 4 nitrogen and oxygen atoms in total. The van der Waals surface area contributed by atoms with E-state index in [0.29, 0.717) is 19.5 Å². The van der Waals surface area contributed by atoms with Crippen LogP contribution in [-0.2, 0) is 9.59 Å². The molecule has 1 aliphatic heterocycles. The van der Waals surface area contributed by atoms with E-state index in [9.17, 15) is 22.8 Å². The Labute approximate surface area is 139 Å². The van der Waals surface area contributed by atoms with Gasteiger partial charge >= 0.3 is 6.18 Å². The molecule has 3 N–H and O–H groups in total. The Balaban J connectivity index is 2.70. The topological polar surface area (TPSA) is 72.2 Å². The van der Waals surface area contributed by atoms with Crippen molar-refractivity contribution in [2.45, 2.75) is 32.9 Å². The van der Waals surface area contributed by atoms with E-state index < -0.39 is 41.0 Å². The largest absolute Gasteiger partial charge is 0.406 e. The smallest absolute Gasteiger partial charge is 0.369 e. The number of ketones is 1. The highest BCUT2D eigenvalue weighted by atomic mass is 19.4. The lowest BCUT2D eigenvalue weighted by molar-refractivity contribution is -0.223. The number of carbonyl (C=O) groups excluding carboxylic acids is 2. The Morgan fingerprint density at radius 2 is 2.12 bits per heavy atom. The van der Waals surface area contributed by atoms with Gasteiger partial charge in [0.2, 0.25) is 5.91 Å². The molecule has 0 radical (unpaired) electrons. The number of allylic oxidation sites excluding steroid dienone is 2. The van der Waals surface area contributed by atoms with Crippen LogP contribution in [0, 0.1) is 23.2 Å². The van der Waals surface area contributed by atoms with Crippen LogP contribution in [0.25, 0.3) is 0 Å². The summed E-state index contributed by atoms with van der Waals surface area (Å²) in [6, 6.07) is 0. The molecule has 1 fully saturated rings. The van der Waals surface area contributed by atoms with E-state index in [-0.39, 0.29) is 12.0 Å². The molecule has 1 saturated heterocycles. The summed E-state index contributed by atoms with van der Waals surface area (Å²) < 4.78 is 43.0. The van der Waals surface area contributed by atoms with Gasteiger partial charge in [-0.25, -0.2) is 0 Å². The molecule has 0 aromatic rings. The molecule has 0 aromatic heterocycles. The Kier molecular flexibility index (Phi) is 5.22. The molecule has 0 saturated carbocycles. The molecule has 7 heteroatoms. The number of primary amides is 1. The van der Waals surface area contributed by atoms with Gasteiger partial charge in [0, 0.05) is 12.5 Å². The second-order valence-corrected chi connectivity index (χ2v) is 6.56. The summed E-state index contributed by atoms with van der Waals surface area (Å²) in [5.41, 5.74) is 2.40. The SMILES string of the molecule is CCC(C)C(=O)C1(C(F)(F)F)C(C2CCNC2)=CC=CC1C(N)=O. The summed E-state index contributed by atoms with van der Waals surface area (Å²) in [5, 5.41) is 3.03. The third-order valence-corrected chi connectivity index (χ3v) is 5.20. The lowest BCUT2D eigenvalue weighted by Gasteiger charge is -2.44. The van der Waals surface area contributed by atoms with Crippen LogP contribution in [0.2, 0.25) is 0 Å². The standard InChI is InChI=1S/C17H23F3N2O2/c1-3-10(2)14(23)16(17(18,19)20)12(11-7-8-22-9-11)5-4-6-13(16)15(21)24/h4-6,10-11,13,22H,3,7-9H2,1-2H3,(H2,21,24). The molecule has 24 heavy (non-hydrogen) atoms. The van der Waals surface area contributed by atoms with Crippen LogP contribution >= 0.6 is 0 Å². The predicted octanol–water partition coefficient (Wildman–Crippen LogP) is 2.36. The summed E-state index contributed by atoms with van der Waals surface area (Å²) in [4.78, 5) is 24.8. The van der Waals surface area contributed by atoms with E-state index in [1.165, 1.54) is 19.1 Å². The van der Waals surface area contributed by atoms with Crippen LogP contribution in [-0.4, -0.2) is 31.0 Å². The number of rotatable bonds is 5. The quantitative estimate of drug-likeness (QED) is 0.804. The van der Waals surface area contributed by atoms with Gasteiger partial charge < -0.3 is 11.1 Å². The van der Waals surface area contributed by atoms with Gasteiger partial charge in [0.15, 0.2) is 11.2 Å². The third-order valence-electron chi connectivity index (χ3n) is 5.20. The summed E-state index contributed by atoms with van der Waals surface area (Å²) in [7, 11) is 0. The molecule has 2 aliphatic rings. The van der Waals surface area contributed by atoms with Gasteiger partial charge in [0.05, 0.1) is 5.92 Å². The van der Waals surface area contributed by atoms with E-state index in [1.54, 1.807) is 6.92 Å². The highest BCUT2D eigenvalue weighted by Gasteiger charge is 2.68. The van der Waals surface area contributed by atoms with Crippen LogP contribution in [0.1, 0.15) is 26.7 Å².